The molecule has 3 rings (SSSR count). The number of amides is 1. The van der Waals surface area contributed by atoms with Crippen LogP contribution in [0.2, 0.25) is 5.02 Å². The van der Waals surface area contributed by atoms with Crippen molar-refractivity contribution >= 4 is 29.5 Å². The van der Waals surface area contributed by atoms with Gasteiger partial charge in [0.1, 0.15) is 11.5 Å². The molecule has 1 saturated heterocycles. The molecule has 1 aliphatic heterocycles. The fourth-order valence-corrected chi connectivity index (χ4v) is 2.27. The van der Waals surface area contributed by atoms with E-state index in [1.54, 1.807) is 24.3 Å². The second kappa shape index (κ2) is 6.62. The van der Waals surface area contributed by atoms with Crippen molar-refractivity contribution in [3.05, 3.63) is 76.2 Å². The van der Waals surface area contributed by atoms with Gasteiger partial charge in [0.15, 0.2) is 0 Å². The summed E-state index contributed by atoms with van der Waals surface area (Å²) in [6, 6.07) is 13.3. The fraction of sp³-hybridized carbons (Fsp3) is 0.0588. The molecule has 0 aliphatic carbocycles. The van der Waals surface area contributed by atoms with Gasteiger partial charge in [-0.15, -0.1) is 0 Å². The van der Waals surface area contributed by atoms with E-state index in [0.717, 1.165) is 11.1 Å². The monoisotopic (exact) mass is 329 g/mol. The van der Waals surface area contributed by atoms with Gasteiger partial charge in [-0.05, 0) is 35.4 Å². The summed E-state index contributed by atoms with van der Waals surface area (Å²) in [7, 11) is 0. The maximum absolute atomic E-state index is 12.8. The lowest BCUT2D eigenvalue weighted by molar-refractivity contribution is -0.115. The Morgan fingerprint density at radius 2 is 1.83 bits per heavy atom. The average molecular weight is 330 g/mol. The number of benzene rings is 2. The van der Waals surface area contributed by atoms with Gasteiger partial charge >= 0.3 is 0 Å². The molecule has 2 aromatic rings. The van der Waals surface area contributed by atoms with E-state index in [-0.39, 0.29) is 11.7 Å². The quantitative estimate of drug-likeness (QED) is 0.850. The van der Waals surface area contributed by atoms with Crippen molar-refractivity contribution < 1.29 is 9.18 Å². The lowest BCUT2D eigenvalue weighted by Crippen LogP contribution is -2.25. The number of carbonyl (C=O) groups is 1. The summed E-state index contributed by atoms with van der Waals surface area (Å²) >= 11 is 6.08. The third-order valence-electron chi connectivity index (χ3n) is 3.27. The van der Waals surface area contributed by atoms with Gasteiger partial charge in [-0.3, -0.25) is 10.1 Å². The predicted molar refractivity (Wildman–Crippen MR) is 88.2 cm³/mol. The van der Waals surface area contributed by atoms with Gasteiger partial charge in [0, 0.05) is 5.02 Å². The van der Waals surface area contributed by atoms with Crippen molar-refractivity contribution in [3.8, 4) is 0 Å². The molecule has 23 heavy (non-hydrogen) atoms. The van der Waals surface area contributed by atoms with Crippen molar-refractivity contribution in [2.75, 3.05) is 0 Å². The third-order valence-corrected chi connectivity index (χ3v) is 3.61. The lowest BCUT2D eigenvalue weighted by atomic mass is 10.2. The van der Waals surface area contributed by atoms with Crippen LogP contribution in [0.1, 0.15) is 11.1 Å². The number of hydrogen-bond donors (Lipinski definition) is 2. The summed E-state index contributed by atoms with van der Waals surface area (Å²) in [6.07, 6.45) is 1.66. The van der Waals surface area contributed by atoms with Crippen LogP contribution in [0.15, 0.2) is 59.2 Å². The molecule has 0 saturated carbocycles. The van der Waals surface area contributed by atoms with Gasteiger partial charge in [-0.1, -0.05) is 41.9 Å². The van der Waals surface area contributed by atoms with E-state index < -0.39 is 0 Å². The zero-order valence-corrected chi connectivity index (χ0v) is 12.8. The number of rotatable bonds is 3. The van der Waals surface area contributed by atoms with Gasteiger partial charge in [0.2, 0.25) is 5.96 Å². The van der Waals surface area contributed by atoms with E-state index in [1.165, 1.54) is 12.1 Å². The number of guanidine groups is 1. The summed E-state index contributed by atoms with van der Waals surface area (Å²) < 4.78 is 12.8. The van der Waals surface area contributed by atoms with E-state index in [1.807, 2.05) is 18.2 Å². The molecular formula is C17H13ClFN3O. The van der Waals surface area contributed by atoms with Crippen LogP contribution in [0.4, 0.5) is 4.39 Å². The summed E-state index contributed by atoms with van der Waals surface area (Å²) in [5.41, 5.74) is 1.96. The standard InChI is InChI=1S/C17H13ClFN3O/c18-14-4-2-1-3-12(14)9-15-16(23)22-17(21-15)20-10-11-5-7-13(19)8-6-11/h1-9H,10H2,(H2,20,21,22,23)/b15-9-. The van der Waals surface area contributed by atoms with E-state index in [2.05, 4.69) is 15.6 Å². The zero-order chi connectivity index (χ0) is 16.2. The fourth-order valence-electron chi connectivity index (χ4n) is 2.08. The van der Waals surface area contributed by atoms with Crippen LogP contribution in [-0.4, -0.2) is 11.9 Å². The van der Waals surface area contributed by atoms with Crippen molar-refractivity contribution in [2.45, 2.75) is 6.54 Å². The Hall–Kier alpha value is -2.66. The maximum atomic E-state index is 12.8. The van der Waals surface area contributed by atoms with E-state index in [4.69, 9.17) is 11.6 Å². The highest BCUT2D eigenvalue weighted by atomic mass is 35.5. The molecule has 2 aromatic carbocycles. The first-order valence-electron chi connectivity index (χ1n) is 6.95. The molecule has 1 amide bonds. The number of hydrogen-bond acceptors (Lipinski definition) is 2. The first-order chi connectivity index (χ1) is 11.1. The van der Waals surface area contributed by atoms with Crippen LogP contribution >= 0.6 is 11.6 Å². The Morgan fingerprint density at radius 1 is 1.09 bits per heavy atom. The highest BCUT2D eigenvalue weighted by Gasteiger charge is 2.21. The summed E-state index contributed by atoms with van der Waals surface area (Å²) in [5.74, 6) is -0.209. The molecule has 0 aromatic heterocycles. The minimum absolute atomic E-state index is 0.275. The molecular weight excluding hydrogens is 317 g/mol. The second-order valence-corrected chi connectivity index (χ2v) is 5.36. The van der Waals surface area contributed by atoms with Crippen LogP contribution in [-0.2, 0) is 11.3 Å². The van der Waals surface area contributed by atoms with E-state index >= 15 is 0 Å². The average Bonchev–Trinajstić information content (AvgIpc) is 2.89. The molecule has 1 heterocycles. The molecule has 0 unspecified atom stereocenters. The predicted octanol–water partition coefficient (Wildman–Crippen LogP) is 3.10. The van der Waals surface area contributed by atoms with Gasteiger partial charge < -0.3 is 5.32 Å². The Morgan fingerprint density at radius 3 is 2.57 bits per heavy atom. The van der Waals surface area contributed by atoms with Crippen LogP contribution in [0.3, 0.4) is 0 Å². The number of aliphatic imine (C=N–C) groups is 1. The van der Waals surface area contributed by atoms with Crippen molar-refractivity contribution in [2.24, 2.45) is 4.99 Å². The minimum Gasteiger partial charge on any atom is -0.321 e. The Kier molecular flexibility index (Phi) is 4.39. The highest BCUT2D eigenvalue weighted by molar-refractivity contribution is 6.32. The summed E-state index contributed by atoms with van der Waals surface area (Å²) in [5, 5.41) is 6.12. The Labute approximate surface area is 137 Å². The third kappa shape index (κ3) is 3.76. The minimum atomic E-state index is -0.293. The van der Waals surface area contributed by atoms with Crippen LogP contribution in [0.25, 0.3) is 6.08 Å². The van der Waals surface area contributed by atoms with Gasteiger partial charge in [0.05, 0.1) is 6.54 Å². The van der Waals surface area contributed by atoms with Gasteiger partial charge in [0.25, 0.3) is 5.91 Å². The Balaban J connectivity index is 1.73. The van der Waals surface area contributed by atoms with E-state index in [9.17, 15) is 9.18 Å². The number of nitrogens with zero attached hydrogens (tertiary/aromatic N) is 1. The molecule has 2 N–H and O–H groups in total. The molecule has 1 fully saturated rings. The molecule has 116 valence electrons. The topological polar surface area (TPSA) is 53.5 Å². The SMILES string of the molecule is O=C1NC(=NCc2ccc(F)cc2)N/C1=C\c1ccccc1Cl. The Bertz CT molecular complexity index is 800. The first-order valence-corrected chi connectivity index (χ1v) is 7.33. The van der Waals surface area contributed by atoms with Gasteiger partial charge in [-0.25, -0.2) is 9.38 Å². The normalized spacial score (nSPS) is 17.4. The van der Waals surface area contributed by atoms with Crippen molar-refractivity contribution in [1.82, 2.24) is 10.6 Å². The molecule has 1 aliphatic rings. The van der Waals surface area contributed by atoms with Crippen LogP contribution in [0, 0.1) is 5.82 Å². The number of nitrogens with one attached hydrogen (secondary N) is 2. The molecule has 0 spiro atoms. The van der Waals surface area contributed by atoms with Crippen molar-refractivity contribution in [1.29, 1.82) is 0 Å². The zero-order valence-electron chi connectivity index (χ0n) is 12.0. The highest BCUT2D eigenvalue weighted by Crippen LogP contribution is 2.18. The maximum Gasteiger partial charge on any atom is 0.274 e. The second-order valence-electron chi connectivity index (χ2n) is 4.95. The molecule has 6 heteroatoms. The van der Waals surface area contributed by atoms with Crippen LogP contribution in [0.5, 0.6) is 0 Å². The first kappa shape index (κ1) is 15.2. The lowest BCUT2D eigenvalue weighted by Gasteiger charge is -2.00. The molecule has 0 atom stereocenters. The number of carbonyl (C=O) groups excluding carboxylic acids is 1. The van der Waals surface area contributed by atoms with E-state index in [0.29, 0.717) is 23.2 Å². The smallest absolute Gasteiger partial charge is 0.274 e. The van der Waals surface area contributed by atoms with Crippen molar-refractivity contribution in [3.63, 3.8) is 0 Å². The number of halogens is 2. The van der Waals surface area contributed by atoms with Crippen LogP contribution < -0.4 is 10.6 Å². The molecule has 4 nitrogen and oxygen atoms in total. The summed E-state index contributed by atoms with van der Waals surface area (Å²) in [6.45, 7) is 0.336. The molecule has 0 radical (unpaired) electrons. The molecule has 0 bridgehead atoms. The summed E-state index contributed by atoms with van der Waals surface area (Å²) in [4.78, 5) is 16.2. The van der Waals surface area contributed by atoms with Gasteiger partial charge in [-0.2, -0.15) is 0 Å². The largest absolute Gasteiger partial charge is 0.321 e.